The predicted octanol–water partition coefficient (Wildman–Crippen LogP) is 3.33. The molecule has 0 atom stereocenters. The van der Waals surface area contributed by atoms with Crippen molar-refractivity contribution >= 4 is 49.6 Å². The second kappa shape index (κ2) is 3.33. The van der Waals surface area contributed by atoms with Crippen molar-refractivity contribution in [3.8, 4) is 0 Å². The summed E-state index contributed by atoms with van der Waals surface area (Å²) in [5.41, 5.74) is 2.98. The molecule has 0 aliphatic heterocycles. The van der Waals surface area contributed by atoms with Crippen LogP contribution in [0.15, 0.2) is 22.6 Å². The molecule has 0 radical (unpaired) electrons. The first-order valence-electron chi connectivity index (χ1n) is 3.40. The summed E-state index contributed by atoms with van der Waals surface area (Å²) in [6.07, 6.45) is 0. The van der Waals surface area contributed by atoms with E-state index < -0.39 is 0 Å². The van der Waals surface area contributed by atoms with Crippen LogP contribution < -0.4 is 0 Å². The first-order valence-corrected chi connectivity index (χ1v) is 5.60. The van der Waals surface area contributed by atoms with Gasteiger partial charge in [0.05, 0.1) is 0 Å². The molecule has 62 valence electrons. The van der Waals surface area contributed by atoms with E-state index in [4.69, 9.17) is 4.42 Å². The van der Waals surface area contributed by atoms with Crippen molar-refractivity contribution in [1.29, 1.82) is 0 Å². The number of hydrogen-bond donors (Lipinski definition) is 0. The summed E-state index contributed by atoms with van der Waals surface area (Å²) < 4.78 is 6.05. The minimum Gasteiger partial charge on any atom is -0.432 e. The lowest BCUT2D eigenvalue weighted by Crippen LogP contribution is -1.75. The molecule has 0 saturated heterocycles. The van der Waals surface area contributed by atoms with E-state index in [9.17, 15) is 0 Å². The highest BCUT2D eigenvalue weighted by atomic mass is 127. The summed E-state index contributed by atoms with van der Waals surface area (Å²) in [7, 11) is 0. The summed E-state index contributed by atoms with van der Waals surface area (Å²) in [5, 5.41) is 0.847. The number of halogens is 2. The van der Waals surface area contributed by atoms with Gasteiger partial charge >= 0.3 is 0 Å². The fraction of sp³-hybridized carbons (Fsp3) is 0.125. The van der Waals surface area contributed by atoms with Gasteiger partial charge in [-0.2, -0.15) is 0 Å². The van der Waals surface area contributed by atoms with Crippen LogP contribution in [0.2, 0.25) is 0 Å². The minimum absolute atomic E-state index is 0.689. The highest BCUT2D eigenvalue weighted by molar-refractivity contribution is 14.1. The Bertz CT molecular complexity index is 412. The van der Waals surface area contributed by atoms with Crippen LogP contribution in [0.25, 0.3) is 11.1 Å². The van der Waals surface area contributed by atoms with E-state index >= 15 is 0 Å². The molecule has 0 aliphatic rings. The largest absolute Gasteiger partial charge is 0.432 e. The van der Waals surface area contributed by atoms with Crippen LogP contribution in [-0.4, -0.2) is 4.98 Å². The van der Waals surface area contributed by atoms with Gasteiger partial charge in [0, 0.05) is 27.9 Å². The summed E-state index contributed by atoms with van der Waals surface area (Å²) in [4.78, 5) is 4.19. The van der Waals surface area contributed by atoms with Gasteiger partial charge in [0.25, 0.3) is 3.90 Å². The lowest BCUT2D eigenvalue weighted by molar-refractivity contribution is 0.566. The molecule has 0 amide bonds. The number of rotatable bonds is 1. The van der Waals surface area contributed by atoms with E-state index in [0.29, 0.717) is 3.90 Å². The van der Waals surface area contributed by atoms with Crippen LogP contribution in [0, 0.1) is 3.90 Å². The average Bonchev–Trinajstić information content (AvgIpc) is 2.43. The number of nitrogens with zero attached hydrogens (tertiary/aromatic N) is 1. The van der Waals surface area contributed by atoms with E-state index in [2.05, 4.69) is 43.5 Å². The fourth-order valence-electron chi connectivity index (χ4n) is 1.02. The third-order valence-electron chi connectivity index (χ3n) is 1.58. The maximum atomic E-state index is 5.37. The van der Waals surface area contributed by atoms with Gasteiger partial charge in [-0.3, -0.25) is 0 Å². The van der Waals surface area contributed by atoms with Crippen molar-refractivity contribution in [3.05, 3.63) is 27.7 Å². The van der Waals surface area contributed by atoms with Crippen molar-refractivity contribution in [1.82, 2.24) is 4.98 Å². The van der Waals surface area contributed by atoms with Crippen LogP contribution in [0.1, 0.15) is 5.56 Å². The van der Waals surface area contributed by atoms with E-state index in [1.54, 1.807) is 0 Å². The number of fused-ring (bicyclic) bond motifs is 1. The SMILES string of the molecule is BrCc1ccc2nc(I)oc2c1. The third-order valence-corrected chi connectivity index (χ3v) is 2.69. The Kier molecular flexibility index (Phi) is 2.36. The zero-order valence-corrected chi connectivity index (χ0v) is 9.79. The molecular formula is C8H5BrINO. The Morgan fingerprint density at radius 2 is 2.33 bits per heavy atom. The maximum absolute atomic E-state index is 5.37. The normalized spacial score (nSPS) is 10.8. The monoisotopic (exact) mass is 337 g/mol. The average molecular weight is 338 g/mol. The standard InChI is InChI=1S/C8H5BrINO/c9-4-5-1-2-6-7(3-5)12-8(10)11-6/h1-3H,4H2. The summed E-state index contributed by atoms with van der Waals surface area (Å²) in [5.74, 6) is 0. The van der Waals surface area contributed by atoms with Crippen LogP contribution in [0.3, 0.4) is 0 Å². The Hall–Kier alpha value is -0.100. The number of aromatic nitrogens is 1. The fourth-order valence-corrected chi connectivity index (χ4v) is 1.87. The summed E-state index contributed by atoms with van der Waals surface area (Å²) >= 11 is 5.45. The zero-order valence-electron chi connectivity index (χ0n) is 6.05. The molecule has 4 heteroatoms. The van der Waals surface area contributed by atoms with Crippen molar-refractivity contribution in [2.45, 2.75) is 5.33 Å². The molecule has 0 bridgehead atoms. The second-order valence-corrected chi connectivity index (χ2v) is 3.89. The molecule has 0 unspecified atom stereocenters. The van der Waals surface area contributed by atoms with Gasteiger partial charge in [-0.1, -0.05) is 22.0 Å². The second-order valence-electron chi connectivity index (χ2n) is 2.40. The molecule has 12 heavy (non-hydrogen) atoms. The highest BCUT2D eigenvalue weighted by Crippen LogP contribution is 2.19. The highest BCUT2D eigenvalue weighted by Gasteiger charge is 2.02. The van der Waals surface area contributed by atoms with Crippen molar-refractivity contribution < 1.29 is 4.42 Å². The molecule has 2 nitrogen and oxygen atoms in total. The molecular weight excluding hydrogens is 333 g/mol. The van der Waals surface area contributed by atoms with Gasteiger partial charge in [-0.15, -0.1) is 0 Å². The number of oxazole rings is 1. The molecule has 0 saturated carbocycles. The smallest absolute Gasteiger partial charge is 0.258 e. The molecule has 0 spiro atoms. The molecule has 0 fully saturated rings. The van der Waals surface area contributed by atoms with Gasteiger partial charge in [0.15, 0.2) is 5.58 Å². The number of alkyl halides is 1. The van der Waals surface area contributed by atoms with E-state index in [0.717, 1.165) is 16.4 Å². The van der Waals surface area contributed by atoms with E-state index in [1.165, 1.54) is 5.56 Å². The first-order chi connectivity index (χ1) is 5.79. The van der Waals surface area contributed by atoms with Crippen molar-refractivity contribution in [3.63, 3.8) is 0 Å². The first kappa shape index (κ1) is 8.50. The Morgan fingerprint density at radius 1 is 1.50 bits per heavy atom. The lowest BCUT2D eigenvalue weighted by atomic mass is 10.2. The van der Waals surface area contributed by atoms with Gasteiger partial charge in [-0.05, 0) is 17.7 Å². The molecule has 1 aromatic heterocycles. The summed E-state index contributed by atoms with van der Waals surface area (Å²) in [6.45, 7) is 0. The van der Waals surface area contributed by atoms with Crippen molar-refractivity contribution in [2.75, 3.05) is 0 Å². The Morgan fingerprint density at radius 3 is 3.08 bits per heavy atom. The Balaban J connectivity index is 2.66. The molecule has 0 aliphatic carbocycles. The quantitative estimate of drug-likeness (QED) is 0.589. The molecule has 2 rings (SSSR count). The maximum Gasteiger partial charge on any atom is 0.258 e. The van der Waals surface area contributed by atoms with Crippen LogP contribution in [0.4, 0.5) is 0 Å². The number of benzene rings is 1. The topological polar surface area (TPSA) is 26.0 Å². The predicted molar refractivity (Wildman–Crippen MR) is 59.4 cm³/mol. The minimum atomic E-state index is 0.689. The van der Waals surface area contributed by atoms with Crippen molar-refractivity contribution in [2.24, 2.45) is 0 Å². The number of hydrogen-bond acceptors (Lipinski definition) is 2. The van der Waals surface area contributed by atoms with Gasteiger partial charge in [0.2, 0.25) is 0 Å². The van der Waals surface area contributed by atoms with Gasteiger partial charge in [-0.25, -0.2) is 4.98 Å². The summed E-state index contributed by atoms with van der Waals surface area (Å²) in [6, 6.07) is 6.01. The third kappa shape index (κ3) is 1.50. The zero-order chi connectivity index (χ0) is 8.55. The lowest BCUT2D eigenvalue weighted by Gasteiger charge is -1.91. The molecule has 0 N–H and O–H groups in total. The van der Waals surface area contributed by atoms with Crippen LogP contribution >= 0.6 is 38.5 Å². The van der Waals surface area contributed by atoms with E-state index in [-0.39, 0.29) is 0 Å². The van der Waals surface area contributed by atoms with Gasteiger partial charge < -0.3 is 4.42 Å². The van der Waals surface area contributed by atoms with Gasteiger partial charge in [0.1, 0.15) is 5.52 Å². The molecule has 2 aromatic rings. The molecule has 1 aromatic carbocycles. The Labute approximate surface area is 91.6 Å². The molecule has 1 heterocycles. The van der Waals surface area contributed by atoms with Crippen LogP contribution in [0.5, 0.6) is 0 Å². The van der Waals surface area contributed by atoms with E-state index in [1.807, 2.05) is 18.2 Å². The van der Waals surface area contributed by atoms with Crippen LogP contribution in [-0.2, 0) is 5.33 Å².